The topological polar surface area (TPSA) is 48.5 Å². The second kappa shape index (κ2) is 9.69. The number of amides is 1. The van der Waals surface area contributed by atoms with Crippen LogP contribution in [0.2, 0.25) is 0 Å². The quantitative estimate of drug-likeness (QED) is 0.688. The van der Waals surface area contributed by atoms with E-state index >= 15 is 0 Å². The van der Waals surface area contributed by atoms with Crippen molar-refractivity contribution in [3.05, 3.63) is 40.9 Å². The third-order valence-electron chi connectivity index (χ3n) is 4.96. The minimum Gasteiger partial charge on any atom is -0.351 e. The van der Waals surface area contributed by atoms with E-state index in [2.05, 4.69) is 27.1 Å². The molecule has 1 aliphatic heterocycles. The predicted octanol–water partition coefficient (Wildman–Crippen LogP) is 3.59. The number of hydrogen-bond acceptors (Lipinski definition) is 5. The third-order valence-corrected chi connectivity index (χ3v) is 5.85. The van der Waals surface area contributed by atoms with E-state index in [0.717, 1.165) is 69.0 Å². The minimum atomic E-state index is -4.41. The van der Waals surface area contributed by atoms with E-state index in [1.54, 1.807) is 11.4 Å². The molecule has 1 saturated heterocycles. The molecule has 3 rings (SSSR count). The van der Waals surface area contributed by atoms with E-state index in [0.29, 0.717) is 17.1 Å². The molecular weight excluding hydrogens is 401 g/mol. The Morgan fingerprint density at radius 1 is 1.21 bits per heavy atom. The van der Waals surface area contributed by atoms with Gasteiger partial charge in [0, 0.05) is 43.7 Å². The van der Waals surface area contributed by atoms with Gasteiger partial charge >= 0.3 is 6.18 Å². The zero-order chi connectivity index (χ0) is 20.9. The van der Waals surface area contributed by atoms with Gasteiger partial charge in [-0.25, -0.2) is 4.98 Å². The standard InChI is InChI=1S/C20H25F3N4OS/c1-26-9-11-27(12-10-26)8-3-2-7-24-18(28)17-14-29-19(25-17)15-5-4-6-16(13-15)20(21,22)23/h4-6,13-14H,2-3,7-12H2,1H3,(H,24,28). The first-order valence-electron chi connectivity index (χ1n) is 9.65. The van der Waals surface area contributed by atoms with Crippen LogP contribution in [0.4, 0.5) is 13.2 Å². The van der Waals surface area contributed by atoms with Crippen LogP contribution in [0, 0.1) is 0 Å². The van der Waals surface area contributed by atoms with Crippen molar-refractivity contribution in [2.75, 3.05) is 46.3 Å². The van der Waals surface area contributed by atoms with Crippen molar-refractivity contribution in [1.29, 1.82) is 0 Å². The number of rotatable bonds is 7. The van der Waals surface area contributed by atoms with Crippen molar-refractivity contribution in [3.8, 4) is 10.6 Å². The summed E-state index contributed by atoms with van der Waals surface area (Å²) in [6.07, 6.45) is -2.52. The number of likely N-dealkylation sites (N-methyl/N-ethyl adjacent to an activating group) is 1. The Hall–Kier alpha value is -1.97. The van der Waals surface area contributed by atoms with Crippen LogP contribution in [0.3, 0.4) is 0 Å². The normalized spacial score (nSPS) is 16.1. The first-order chi connectivity index (χ1) is 13.8. The predicted molar refractivity (Wildman–Crippen MR) is 108 cm³/mol. The summed E-state index contributed by atoms with van der Waals surface area (Å²) in [6.45, 7) is 5.94. The maximum absolute atomic E-state index is 12.9. The molecule has 1 amide bonds. The summed E-state index contributed by atoms with van der Waals surface area (Å²) in [4.78, 5) is 21.2. The number of hydrogen-bond donors (Lipinski definition) is 1. The molecular formula is C20H25F3N4OS. The molecule has 1 fully saturated rings. The van der Waals surface area contributed by atoms with Crippen LogP contribution >= 0.6 is 11.3 Å². The highest BCUT2D eigenvalue weighted by atomic mass is 32.1. The zero-order valence-electron chi connectivity index (χ0n) is 16.3. The third kappa shape index (κ3) is 6.25. The number of alkyl halides is 3. The average Bonchev–Trinajstić information content (AvgIpc) is 3.19. The summed E-state index contributed by atoms with van der Waals surface area (Å²) in [6, 6.07) is 4.99. The number of unbranched alkanes of at least 4 members (excludes halogenated alkanes) is 1. The lowest BCUT2D eigenvalue weighted by Crippen LogP contribution is -2.44. The fourth-order valence-corrected chi connectivity index (χ4v) is 3.96. The van der Waals surface area contributed by atoms with Crippen molar-refractivity contribution < 1.29 is 18.0 Å². The number of nitrogens with one attached hydrogen (secondary N) is 1. The molecule has 0 radical (unpaired) electrons. The molecule has 1 aromatic heterocycles. The van der Waals surface area contributed by atoms with Gasteiger partial charge in [0.1, 0.15) is 10.7 Å². The van der Waals surface area contributed by atoms with E-state index in [9.17, 15) is 18.0 Å². The highest BCUT2D eigenvalue weighted by Gasteiger charge is 2.30. The van der Waals surface area contributed by atoms with Gasteiger partial charge in [-0.2, -0.15) is 13.2 Å². The lowest BCUT2D eigenvalue weighted by atomic mass is 10.1. The molecule has 0 spiro atoms. The molecule has 0 saturated carbocycles. The van der Waals surface area contributed by atoms with Crippen LogP contribution in [0.5, 0.6) is 0 Å². The minimum absolute atomic E-state index is 0.237. The Bertz CT molecular complexity index is 816. The highest BCUT2D eigenvalue weighted by Crippen LogP contribution is 2.33. The summed E-state index contributed by atoms with van der Waals surface area (Å²) in [5, 5.41) is 4.82. The Balaban J connectivity index is 1.45. The molecule has 1 aromatic carbocycles. The Morgan fingerprint density at radius 3 is 2.69 bits per heavy atom. The maximum Gasteiger partial charge on any atom is 0.416 e. The number of nitrogens with zero attached hydrogens (tertiary/aromatic N) is 3. The fraction of sp³-hybridized carbons (Fsp3) is 0.500. The molecule has 0 bridgehead atoms. The number of carbonyl (C=O) groups excluding carboxylic acids is 1. The lowest BCUT2D eigenvalue weighted by molar-refractivity contribution is -0.137. The van der Waals surface area contributed by atoms with Crippen LogP contribution in [-0.4, -0.2) is 67.0 Å². The molecule has 0 atom stereocenters. The van der Waals surface area contributed by atoms with E-state index in [1.807, 2.05) is 0 Å². The summed E-state index contributed by atoms with van der Waals surface area (Å²) in [7, 11) is 2.13. The first-order valence-corrected chi connectivity index (χ1v) is 10.5. The van der Waals surface area contributed by atoms with E-state index in [1.165, 1.54) is 6.07 Å². The van der Waals surface area contributed by atoms with Crippen molar-refractivity contribution in [3.63, 3.8) is 0 Å². The van der Waals surface area contributed by atoms with Gasteiger partial charge in [0.15, 0.2) is 0 Å². The second-order valence-electron chi connectivity index (χ2n) is 7.22. The van der Waals surface area contributed by atoms with Crippen molar-refractivity contribution in [2.24, 2.45) is 0 Å². The van der Waals surface area contributed by atoms with Gasteiger partial charge in [0.25, 0.3) is 5.91 Å². The number of carbonyl (C=O) groups is 1. The fourth-order valence-electron chi connectivity index (χ4n) is 3.16. The highest BCUT2D eigenvalue weighted by molar-refractivity contribution is 7.13. The van der Waals surface area contributed by atoms with Crippen molar-refractivity contribution in [2.45, 2.75) is 19.0 Å². The second-order valence-corrected chi connectivity index (χ2v) is 8.08. The summed E-state index contributed by atoms with van der Waals surface area (Å²) >= 11 is 1.16. The van der Waals surface area contributed by atoms with E-state index < -0.39 is 11.7 Å². The first kappa shape index (κ1) is 21.7. The van der Waals surface area contributed by atoms with Gasteiger partial charge in [0.2, 0.25) is 0 Å². The van der Waals surface area contributed by atoms with Gasteiger partial charge in [-0.15, -0.1) is 11.3 Å². The Morgan fingerprint density at radius 2 is 1.97 bits per heavy atom. The number of piperazine rings is 1. The van der Waals surface area contributed by atoms with Gasteiger partial charge in [-0.1, -0.05) is 12.1 Å². The van der Waals surface area contributed by atoms with Crippen molar-refractivity contribution in [1.82, 2.24) is 20.1 Å². The number of benzene rings is 1. The van der Waals surface area contributed by atoms with Gasteiger partial charge < -0.3 is 15.1 Å². The Labute approximate surface area is 172 Å². The summed E-state index contributed by atoms with van der Waals surface area (Å²) < 4.78 is 38.6. The number of halogens is 3. The van der Waals surface area contributed by atoms with Crippen LogP contribution in [0.15, 0.2) is 29.6 Å². The van der Waals surface area contributed by atoms with E-state index in [-0.39, 0.29) is 11.6 Å². The maximum atomic E-state index is 12.9. The molecule has 2 aromatic rings. The molecule has 1 N–H and O–H groups in total. The SMILES string of the molecule is CN1CCN(CCCCNC(=O)c2csc(-c3cccc(C(F)(F)F)c3)n2)CC1. The largest absolute Gasteiger partial charge is 0.416 e. The smallest absolute Gasteiger partial charge is 0.351 e. The lowest BCUT2D eigenvalue weighted by Gasteiger charge is -2.32. The Kier molecular flexibility index (Phi) is 7.26. The van der Waals surface area contributed by atoms with Crippen LogP contribution in [0.25, 0.3) is 10.6 Å². The van der Waals surface area contributed by atoms with Crippen molar-refractivity contribution >= 4 is 17.2 Å². The molecule has 2 heterocycles. The molecule has 5 nitrogen and oxygen atoms in total. The summed E-state index contributed by atoms with van der Waals surface area (Å²) in [5.41, 5.74) is -0.130. The molecule has 0 aliphatic carbocycles. The number of thiazole rings is 1. The number of aromatic nitrogens is 1. The monoisotopic (exact) mass is 426 g/mol. The van der Waals surface area contributed by atoms with Crippen LogP contribution in [0.1, 0.15) is 28.9 Å². The molecule has 9 heteroatoms. The van der Waals surface area contributed by atoms with Gasteiger partial charge in [-0.3, -0.25) is 4.79 Å². The van der Waals surface area contributed by atoms with E-state index in [4.69, 9.17) is 0 Å². The average molecular weight is 427 g/mol. The molecule has 0 unspecified atom stereocenters. The molecule has 1 aliphatic rings. The van der Waals surface area contributed by atoms with Crippen LogP contribution in [-0.2, 0) is 6.18 Å². The molecule has 158 valence electrons. The summed E-state index contributed by atoms with van der Waals surface area (Å²) in [5.74, 6) is -0.293. The molecule has 29 heavy (non-hydrogen) atoms. The van der Waals surface area contributed by atoms with Gasteiger partial charge in [-0.05, 0) is 38.6 Å². The zero-order valence-corrected chi connectivity index (χ0v) is 17.2. The van der Waals surface area contributed by atoms with Crippen LogP contribution < -0.4 is 5.32 Å². The van der Waals surface area contributed by atoms with Gasteiger partial charge in [0.05, 0.1) is 5.56 Å².